The van der Waals surface area contributed by atoms with E-state index < -0.39 is 0 Å². The highest BCUT2D eigenvalue weighted by Crippen LogP contribution is 2.26. The third-order valence-electron chi connectivity index (χ3n) is 2.85. The lowest BCUT2D eigenvalue weighted by molar-refractivity contribution is 0.0833. The summed E-state index contributed by atoms with van der Waals surface area (Å²) in [7, 11) is 0. The number of ketones is 1. The average molecular weight is 222 g/mol. The van der Waals surface area contributed by atoms with Gasteiger partial charge in [0.15, 0.2) is 5.78 Å². The highest BCUT2D eigenvalue weighted by molar-refractivity contribution is 7.98. The van der Waals surface area contributed by atoms with E-state index >= 15 is 0 Å². The van der Waals surface area contributed by atoms with Crippen molar-refractivity contribution in [3.05, 3.63) is 29.8 Å². The second-order valence-corrected chi connectivity index (χ2v) is 5.17. The Kier molecular flexibility index (Phi) is 3.97. The van der Waals surface area contributed by atoms with Gasteiger partial charge >= 0.3 is 0 Å². The lowest BCUT2D eigenvalue weighted by Crippen LogP contribution is -2.23. The van der Waals surface area contributed by atoms with Crippen LogP contribution in [0.2, 0.25) is 0 Å². The van der Waals surface area contributed by atoms with Crippen LogP contribution in [-0.2, 0) is 0 Å². The molecule has 0 bridgehead atoms. The molecule has 0 amide bonds. The maximum absolute atomic E-state index is 12.1. The fourth-order valence-corrected chi connectivity index (χ4v) is 1.70. The summed E-state index contributed by atoms with van der Waals surface area (Å²) in [5, 5.41) is 0. The summed E-state index contributed by atoms with van der Waals surface area (Å²) in [6, 6.07) is 7.85. The van der Waals surface area contributed by atoms with Crippen molar-refractivity contribution in [2.45, 2.75) is 32.1 Å². The minimum absolute atomic E-state index is 0.234. The van der Waals surface area contributed by atoms with Gasteiger partial charge in [0.05, 0.1) is 0 Å². The molecular formula is C13H18OS. The molecule has 0 aliphatic heterocycles. The zero-order valence-corrected chi connectivity index (χ0v) is 10.6. The Morgan fingerprint density at radius 1 is 1.27 bits per heavy atom. The molecule has 1 aromatic carbocycles. The van der Waals surface area contributed by atoms with E-state index in [0.717, 1.165) is 12.0 Å². The maximum atomic E-state index is 12.1. The zero-order valence-electron chi connectivity index (χ0n) is 9.83. The highest BCUT2D eigenvalue weighted by Gasteiger charge is 2.26. The molecule has 15 heavy (non-hydrogen) atoms. The molecule has 82 valence electrons. The van der Waals surface area contributed by atoms with E-state index in [0.29, 0.717) is 0 Å². The predicted octanol–water partition coefficient (Wildman–Crippen LogP) is 4.03. The lowest BCUT2D eigenvalue weighted by atomic mass is 9.82. The van der Waals surface area contributed by atoms with Gasteiger partial charge in [0, 0.05) is 15.9 Å². The van der Waals surface area contributed by atoms with Gasteiger partial charge in [-0.2, -0.15) is 0 Å². The first-order chi connectivity index (χ1) is 7.01. The van der Waals surface area contributed by atoms with Crippen LogP contribution in [0.15, 0.2) is 29.2 Å². The summed E-state index contributed by atoms with van der Waals surface area (Å²) < 4.78 is 0. The van der Waals surface area contributed by atoms with Crippen LogP contribution in [0.3, 0.4) is 0 Å². The first-order valence-corrected chi connectivity index (χ1v) is 6.42. The minimum Gasteiger partial charge on any atom is -0.294 e. The summed E-state index contributed by atoms with van der Waals surface area (Å²) in [5.74, 6) is 0.234. The second kappa shape index (κ2) is 4.84. The van der Waals surface area contributed by atoms with E-state index in [1.54, 1.807) is 11.8 Å². The number of hydrogen-bond acceptors (Lipinski definition) is 2. The molecular weight excluding hydrogens is 204 g/mol. The van der Waals surface area contributed by atoms with Gasteiger partial charge < -0.3 is 0 Å². The molecule has 1 rings (SSSR count). The third-order valence-corrected chi connectivity index (χ3v) is 3.59. The molecule has 0 atom stereocenters. The Labute approximate surface area is 96.3 Å². The smallest absolute Gasteiger partial charge is 0.168 e. The molecule has 0 heterocycles. The summed E-state index contributed by atoms with van der Waals surface area (Å²) in [5.41, 5.74) is 0.570. The lowest BCUT2D eigenvalue weighted by Gasteiger charge is -2.20. The van der Waals surface area contributed by atoms with Crippen molar-refractivity contribution in [1.29, 1.82) is 0 Å². The number of benzene rings is 1. The van der Waals surface area contributed by atoms with Crippen molar-refractivity contribution in [2.24, 2.45) is 5.41 Å². The third kappa shape index (κ3) is 2.85. The van der Waals surface area contributed by atoms with Crippen LogP contribution in [0.5, 0.6) is 0 Å². The summed E-state index contributed by atoms with van der Waals surface area (Å²) in [6.07, 6.45) is 2.91. The quantitative estimate of drug-likeness (QED) is 0.565. The van der Waals surface area contributed by atoms with Crippen LogP contribution >= 0.6 is 11.8 Å². The van der Waals surface area contributed by atoms with Crippen LogP contribution < -0.4 is 0 Å². The first kappa shape index (κ1) is 12.3. The van der Waals surface area contributed by atoms with Crippen LogP contribution in [0.1, 0.15) is 37.6 Å². The Balaban J connectivity index is 2.92. The van der Waals surface area contributed by atoms with Crippen LogP contribution in [0.25, 0.3) is 0 Å². The number of thioether (sulfide) groups is 1. The number of rotatable bonds is 4. The van der Waals surface area contributed by atoms with E-state index in [2.05, 4.69) is 0 Å². The monoisotopic (exact) mass is 222 g/mol. The Morgan fingerprint density at radius 3 is 2.20 bits per heavy atom. The Hall–Kier alpha value is -0.760. The van der Waals surface area contributed by atoms with Gasteiger partial charge in [-0.15, -0.1) is 11.8 Å². The average Bonchev–Trinajstić information content (AvgIpc) is 2.28. The number of carbonyl (C=O) groups is 1. The van der Waals surface area contributed by atoms with E-state index in [1.807, 2.05) is 51.3 Å². The number of hydrogen-bond donors (Lipinski definition) is 0. The molecule has 2 heteroatoms. The molecule has 0 saturated carbocycles. The Bertz CT molecular complexity index is 338. The Morgan fingerprint density at radius 2 is 1.80 bits per heavy atom. The van der Waals surface area contributed by atoms with Gasteiger partial charge in [-0.05, 0) is 24.8 Å². The topological polar surface area (TPSA) is 17.1 Å². The standard InChI is InChI=1S/C13H18OS/c1-5-13(2,3)12(14)10-6-8-11(15-4)9-7-10/h6-9H,5H2,1-4H3. The van der Waals surface area contributed by atoms with Gasteiger partial charge in [-0.25, -0.2) is 0 Å². The van der Waals surface area contributed by atoms with Crippen molar-refractivity contribution >= 4 is 17.5 Å². The van der Waals surface area contributed by atoms with E-state index in [1.165, 1.54) is 4.90 Å². The summed E-state index contributed by atoms with van der Waals surface area (Å²) in [4.78, 5) is 13.3. The predicted molar refractivity (Wildman–Crippen MR) is 66.6 cm³/mol. The van der Waals surface area contributed by atoms with Crippen molar-refractivity contribution in [3.63, 3.8) is 0 Å². The van der Waals surface area contributed by atoms with Gasteiger partial charge in [-0.1, -0.05) is 32.9 Å². The zero-order chi connectivity index (χ0) is 11.5. The van der Waals surface area contributed by atoms with Crippen molar-refractivity contribution in [3.8, 4) is 0 Å². The maximum Gasteiger partial charge on any atom is 0.168 e. The number of carbonyl (C=O) groups excluding carboxylic acids is 1. The van der Waals surface area contributed by atoms with Gasteiger partial charge in [0.2, 0.25) is 0 Å². The molecule has 0 unspecified atom stereocenters. The molecule has 0 N–H and O–H groups in total. The summed E-state index contributed by atoms with van der Waals surface area (Å²) in [6.45, 7) is 6.05. The van der Waals surface area contributed by atoms with Crippen molar-refractivity contribution in [2.75, 3.05) is 6.26 Å². The van der Waals surface area contributed by atoms with Gasteiger partial charge in [-0.3, -0.25) is 4.79 Å². The molecule has 0 aliphatic carbocycles. The molecule has 0 spiro atoms. The molecule has 0 radical (unpaired) electrons. The molecule has 0 saturated heterocycles. The molecule has 0 aliphatic rings. The molecule has 1 aromatic rings. The summed E-state index contributed by atoms with van der Waals surface area (Å²) >= 11 is 1.69. The molecule has 0 aromatic heterocycles. The van der Waals surface area contributed by atoms with Gasteiger partial charge in [0.1, 0.15) is 0 Å². The molecule has 0 fully saturated rings. The van der Waals surface area contributed by atoms with Crippen LogP contribution in [-0.4, -0.2) is 12.0 Å². The SMILES string of the molecule is CCC(C)(C)C(=O)c1ccc(SC)cc1. The second-order valence-electron chi connectivity index (χ2n) is 4.30. The van der Waals surface area contributed by atoms with E-state index in [-0.39, 0.29) is 11.2 Å². The highest BCUT2D eigenvalue weighted by atomic mass is 32.2. The van der Waals surface area contributed by atoms with Crippen molar-refractivity contribution < 1.29 is 4.79 Å². The van der Waals surface area contributed by atoms with Crippen LogP contribution in [0, 0.1) is 5.41 Å². The number of Topliss-reactive ketones (excluding diaryl/α,β-unsaturated/α-hetero) is 1. The minimum atomic E-state index is -0.249. The largest absolute Gasteiger partial charge is 0.294 e. The fourth-order valence-electron chi connectivity index (χ4n) is 1.29. The first-order valence-electron chi connectivity index (χ1n) is 5.20. The van der Waals surface area contributed by atoms with Gasteiger partial charge in [0.25, 0.3) is 0 Å². The van der Waals surface area contributed by atoms with Crippen LogP contribution in [0.4, 0.5) is 0 Å². The van der Waals surface area contributed by atoms with E-state index in [9.17, 15) is 4.79 Å². The van der Waals surface area contributed by atoms with Crippen molar-refractivity contribution in [1.82, 2.24) is 0 Å². The molecule has 1 nitrogen and oxygen atoms in total. The van der Waals surface area contributed by atoms with E-state index in [4.69, 9.17) is 0 Å². The fraction of sp³-hybridized carbons (Fsp3) is 0.462. The normalized spacial score (nSPS) is 11.5.